The summed E-state index contributed by atoms with van der Waals surface area (Å²) in [4.78, 5) is 7.82. The van der Waals surface area contributed by atoms with E-state index in [-0.39, 0.29) is 15.4 Å². The normalized spacial score (nSPS) is 11.9. The summed E-state index contributed by atoms with van der Waals surface area (Å²) in [6, 6.07) is 1.51. The van der Waals surface area contributed by atoms with Crippen LogP contribution in [0, 0.1) is 6.92 Å². The maximum Gasteiger partial charge on any atom is 0.265 e. The van der Waals surface area contributed by atoms with Crippen LogP contribution in [-0.2, 0) is 9.05 Å². The Bertz CT molecular complexity index is 671. The molecule has 0 bridgehead atoms. The second kappa shape index (κ2) is 3.84. The van der Waals surface area contributed by atoms with Crippen molar-refractivity contribution in [2.75, 3.05) is 0 Å². The number of benzene rings is 1. The van der Waals surface area contributed by atoms with Gasteiger partial charge in [-0.3, -0.25) is 9.97 Å². The Kier molecular flexibility index (Phi) is 2.77. The number of nitrogens with zero attached hydrogens (tertiary/aromatic N) is 2. The van der Waals surface area contributed by atoms with E-state index in [9.17, 15) is 8.42 Å². The summed E-state index contributed by atoms with van der Waals surface area (Å²) >= 11 is 5.86. The second-order valence-corrected chi connectivity index (χ2v) is 6.11. The van der Waals surface area contributed by atoms with Crippen LogP contribution >= 0.6 is 22.3 Å². The molecule has 1 aromatic carbocycles. The molecule has 4 nitrogen and oxygen atoms in total. The minimum Gasteiger partial charge on any atom is -0.253 e. The van der Waals surface area contributed by atoms with Gasteiger partial charge in [-0.15, -0.1) is 0 Å². The summed E-state index contributed by atoms with van der Waals surface area (Å²) in [6.07, 6.45) is 2.87. The number of aryl methyl sites for hydroxylation is 1. The van der Waals surface area contributed by atoms with E-state index in [1.165, 1.54) is 18.5 Å². The molecule has 2 aromatic rings. The van der Waals surface area contributed by atoms with E-state index in [1.807, 2.05) is 0 Å². The maximum atomic E-state index is 11.4. The molecule has 0 radical (unpaired) electrons. The predicted octanol–water partition coefficient (Wildman–Crippen LogP) is 2.52. The molecule has 0 fully saturated rings. The van der Waals surface area contributed by atoms with Crippen molar-refractivity contribution in [3.8, 4) is 0 Å². The van der Waals surface area contributed by atoms with Crippen molar-refractivity contribution < 1.29 is 8.42 Å². The molecule has 0 aliphatic rings. The molecule has 0 N–H and O–H groups in total. The van der Waals surface area contributed by atoms with Crippen molar-refractivity contribution in [1.29, 1.82) is 0 Å². The largest absolute Gasteiger partial charge is 0.265 e. The molecular formula is C9H6Cl2N2O2S. The van der Waals surface area contributed by atoms with Gasteiger partial charge in [0.1, 0.15) is 10.4 Å². The topological polar surface area (TPSA) is 59.9 Å². The summed E-state index contributed by atoms with van der Waals surface area (Å²) < 4.78 is 22.8. The first-order valence-electron chi connectivity index (χ1n) is 4.26. The SMILES string of the molecule is Cc1cc(Cl)c(S(=O)(=O)Cl)c2nccnc12. The Labute approximate surface area is 102 Å². The molecule has 0 aliphatic heterocycles. The van der Waals surface area contributed by atoms with E-state index in [1.54, 1.807) is 6.92 Å². The summed E-state index contributed by atoms with van der Waals surface area (Å²) in [6.45, 7) is 1.77. The smallest absolute Gasteiger partial charge is 0.253 e. The van der Waals surface area contributed by atoms with Gasteiger partial charge in [0, 0.05) is 23.1 Å². The third kappa shape index (κ3) is 1.86. The van der Waals surface area contributed by atoms with Crippen molar-refractivity contribution in [3.63, 3.8) is 0 Å². The van der Waals surface area contributed by atoms with Gasteiger partial charge in [-0.05, 0) is 18.6 Å². The van der Waals surface area contributed by atoms with Gasteiger partial charge in [0.25, 0.3) is 9.05 Å². The molecule has 2 rings (SSSR count). The molecular weight excluding hydrogens is 271 g/mol. The maximum absolute atomic E-state index is 11.4. The average molecular weight is 277 g/mol. The molecule has 7 heteroatoms. The van der Waals surface area contributed by atoms with Crippen molar-refractivity contribution in [2.24, 2.45) is 0 Å². The fraction of sp³-hybridized carbons (Fsp3) is 0.111. The fourth-order valence-electron chi connectivity index (χ4n) is 1.46. The second-order valence-electron chi connectivity index (χ2n) is 3.20. The zero-order valence-corrected chi connectivity index (χ0v) is 10.4. The van der Waals surface area contributed by atoms with Crippen LogP contribution < -0.4 is 0 Å². The highest BCUT2D eigenvalue weighted by molar-refractivity contribution is 8.14. The Morgan fingerprint density at radius 2 is 1.75 bits per heavy atom. The van der Waals surface area contributed by atoms with Crippen molar-refractivity contribution in [3.05, 3.63) is 29.0 Å². The van der Waals surface area contributed by atoms with Gasteiger partial charge in [-0.1, -0.05) is 11.6 Å². The molecule has 0 amide bonds. The predicted molar refractivity (Wildman–Crippen MR) is 62.3 cm³/mol. The monoisotopic (exact) mass is 276 g/mol. The molecule has 0 saturated carbocycles. The number of hydrogen-bond acceptors (Lipinski definition) is 4. The number of fused-ring (bicyclic) bond motifs is 1. The van der Waals surface area contributed by atoms with Gasteiger partial charge in [0.15, 0.2) is 0 Å². The van der Waals surface area contributed by atoms with Crippen LogP contribution in [0.2, 0.25) is 5.02 Å². The highest BCUT2D eigenvalue weighted by atomic mass is 35.7. The third-order valence-corrected chi connectivity index (χ3v) is 3.86. The lowest BCUT2D eigenvalue weighted by Crippen LogP contribution is -1.98. The molecule has 0 unspecified atom stereocenters. The lowest BCUT2D eigenvalue weighted by molar-refractivity contribution is 0.610. The molecule has 0 aliphatic carbocycles. The van der Waals surface area contributed by atoms with E-state index < -0.39 is 9.05 Å². The molecule has 0 atom stereocenters. The minimum absolute atomic E-state index is 0.0560. The first-order chi connectivity index (χ1) is 7.41. The van der Waals surface area contributed by atoms with Crippen molar-refractivity contribution in [1.82, 2.24) is 9.97 Å². The molecule has 0 saturated heterocycles. The van der Waals surface area contributed by atoms with Gasteiger partial charge in [-0.2, -0.15) is 0 Å². The summed E-state index contributed by atoms with van der Waals surface area (Å²) in [5.41, 5.74) is 1.42. The molecule has 0 spiro atoms. The minimum atomic E-state index is -3.94. The Hall–Kier alpha value is -0.910. The summed E-state index contributed by atoms with van der Waals surface area (Å²) in [5, 5.41) is 0.0560. The number of rotatable bonds is 1. The van der Waals surface area contributed by atoms with E-state index >= 15 is 0 Å². The number of halogens is 2. The average Bonchev–Trinajstić information content (AvgIpc) is 2.15. The third-order valence-electron chi connectivity index (χ3n) is 2.09. The van der Waals surface area contributed by atoms with Crippen LogP contribution in [0.3, 0.4) is 0 Å². The zero-order chi connectivity index (χ0) is 11.9. The molecule has 16 heavy (non-hydrogen) atoms. The van der Waals surface area contributed by atoms with Crippen molar-refractivity contribution >= 4 is 42.4 Å². The summed E-state index contributed by atoms with van der Waals surface area (Å²) in [5.74, 6) is 0. The Balaban J connectivity index is 3.05. The van der Waals surface area contributed by atoms with Gasteiger partial charge < -0.3 is 0 Å². The van der Waals surface area contributed by atoms with E-state index in [4.69, 9.17) is 22.3 Å². The number of aromatic nitrogens is 2. The highest BCUT2D eigenvalue weighted by Crippen LogP contribution is 2.32. The molecule has 1 heterocycles. The van der Waals surface area contributed by atoms with Crippen LogP contribution in [0.4, 0.5) is 0 Å². The van der Waals surface area contributed by atoms with Gasteiger partial charge in [0.05, 0.1) is 10.5 Å². The van der Waals surface area contributed by atoms with Crippen LogP contribution in [0.25, 0.3) is 11.0 Å². The van der Waals surface area contributed by atoms with E-state index in [0.29, 0.717) is 5.52 Å². The molecule has 84 valence electrons. The highest BCUT2D eigenvalue weighted by Gasteiger charge is 2.21. The fourth-order valence-corrected chi connectivity index (χ4v) is 3.28. The van der Waals surface area contributed by atoms with Gasteiger partial charge in [-0.25, -0.2) is 8.42 Å². The zero-order valence-electron chi connectivity index (χ0n) is 8.11. The van der Waals surface area contributed by atoms with Gasteiger partial charge in [0.2, 0.25) is 0 Å². The van der Waals surface area contributed by atoms with Crippen LogP contribution in [-0.4, -0.2) is 18.4 Å². The lowest BCUT2D eigenvalue weighted by atomic mass is 10.2. The van der Waals surface area contributed by atoms with Crippen LogP contribution in [0.5, 0.6) is 0 Å². The van der Waals surface area contributed by atoms with Crippen LogP contribution in [0.15, 0.2) is 23.4 Å². The van der Waals surface area contributed by atoms with Crippen LogP contribution in [0.1, 0.15) is 5.56 Å². The first kappa shape index (κ1) is 11.6. The Morgan fingerprint density at radius 1 is 1.19 bits per heavy atom. The van der Waals surface area contributed by atoms with E-state index in [2.05, 4.69) is 9.97 Å². The van der Waals surface area contributed by atoms with Crippen molar-refractivity contribution in [2.45, 2.75) is 11.8 Å². The molecule has 1 aromatic heterocycles. The first-order valence-corrected chi connectivity index (χ1v) is 6.94. The quantitative estimate of drug-likeness (QED) is 0.751. The van der Waals surface area contributed by atoms with E-state index in [0.717, 1.165) is 5.56 Å². The lowest BCUT2D eigenvalue weighted by Gasteiger charge is -2.06. The summed E-state index contributed by atoms with van der Waals surface area (Å²) in [7, 11) is 1.38. The van der Waals surface area contributed by atoms with Gasteiger partial charge >= 0.3 is 0 Å². The number of hydrogen-bond donors (Lipinski definition) is 0. The Morgan fingerprint density at radius 3 is 2.31 bits per heavy atom. The standard InChI is InChI=1S/C9H6Cl2N2O2S/c1-5-4-6(10)9(16(11,14)15)8-7(5)12-2-3-13-8/h2-4H,1H3.